The summed E-state index contributed by atoms with van der Waals surface area (Å²) in [6.45, 7) is 3.83. The van der Waals surface area contributed by atoms with E-state index < -0.39 is 5.82 Å². The molecule has 0 saturated carbocycles. The maximum atomic E-state index is 15.4. The minimum Gasteiger partial charge on any atom is -0.481 e. The van der Waals surface area contributed by atoms with Crippen molar-refractivity contribution in [2.45, 2.75) is 25.8 Å². The number of aromatic nitrogens is 4. The van der Waals surface area contributed by atoms with Crippen molar-refractivity contribution in [3.05, 3.63) is 102 Å². The number of anilines is 1. The quantitative estimate of drug-likeness (QED) is 0.244. The van der Waals surface area contributed by atoms with E-state index in [9.17, 15) is 9.18 Å². The van der Waals surface area contributed by atoms with E-state index in [0.29, 0.717) is 66.8 Å². The van der Waals surface area contributed by atoms with Crippen molar-refractivity contribution in [2.75, 3.05) is 31.8 Å². The first-order valence-electron chi connectivity index (χ1n) is 14.1. The Bertz CT molecular complexity index is 1820. The molecule has 0 aliphatic carbocycles. The number of benzene rings is 2. The van der Waals surface area contributed by atoms with Gasteiger partial charge in [0.25, 0.3) is 0 Å². The van der Waals surface area contributed by atoms with Crippen LogP contribution < -0.4 is 9.64 Å². The van der Waals surface area contributed by atoms with Crippen molar-refractivity contribution in [1.29, 1.82) is 0 Å². The molecule has 1 amide bonds. The fourth-order valence-corrected chi connectivity index (χ4v) is 6.05. The molecule has 2 aliphatic rings. The molecule has 43 heavy (non-hydrogen) atoms. The Morgan fingerprint density at radius 1 is 1.02 bits per heavy atom. The summed E-state index contributed by atoms with van der Waals surface area (Å²) in [5.41, 5.74) is 3.92. The highest BCUT2D eigenvalue weighted by atomic mass is 19.1. The number of halogens is 2. The van der Waals surface area contributed by atoms with E-state index >= 15 is 4.39 Å². The number of amides is 1. The van der Waals surface area contributed by atoms with Crippen LogP contribution in [0.2, 0.25) is 0 Å². The van der Waals surface area contributed by atoms with Crippen molar-refractivity contribution in [1.82, 2.24) is 19.5 Å². The summed E-state index contributed by atoms with van der Waals surface area (Å²) in [5, 5.41) is 0. The number of nitrogens with zero attached hydrogens (tertiary/aromatic N) is 5. The van der Waals surface area contributed by atoms with Crippen LogP contribution in [-0.2, 0) is 16.0 Å². The summed E-state index contributed by atoms with van der Waals surface area (Å²) in [4.78, 5) is 28.1. The van der Waals surface area contributed by atoms with Crippen molar-refractivity contribution >= 4 is 22.8 Å². The van der Waals surface area contributed by atoms with Crippen LogP contribution in [0.3, 0.4) is 0 Å². The number of carbonyl (C=O) groups is 1. The van der Waals surface area contributed by atoms with Gasteiger partial charge in [-0.25, -0.2) is 23.7 Å². The fraction of sp³-hybridized carbons (Fsp3) is 0.273. The number of imidazole rings is 1. The average molecular weight is 582 g/mol. The molecule has 218 valence electrons. The molecule has 5 heterocycles. The van der Waals surface area contributed by atoms with Crippen molar-refractivity contribution < 1.29 is 23.0 Å². The van der Waals surface area contributed by atoms with Gasteiger partial charge in [-0.3, -0.25) is 9.69 Å². The number of fused-ring (bicyclic) bond motifs is 1. The van der Waals surface area contributed by atoms with Crippen LogP contribution in [0.5, 0.6) is 5.88 Å². The summed E-state index contributed by atoms with van der Waals surface area (Å²) < 4.78 is 41.8. The third-order valence-electron chi connectivity index (χ3n) is 8.43. The minimum atomic E-state index is -0.416. The molecule has 2 aliphatic heterocycles. The Kier molecular flexibility index (Phi) is 6.65. The number of methoxy groups -OCH3 is 1. The van der Waals surface area contributed by atoms with Crippen LogP contribution in [0.4, 0.5) is 14.6 Å². The van der Waals surface area contributed by atoms with Gasteiger partial charge in [0.2, 0.25) is 11.8 Å². The number of hydrogen-bond donors (Lipinski definition) is 0. The molecule has 1 spiro atoms. The Labute approximate surface area is 246 Å². The summed E-state index contributed by atoms with van der Waals surface area (Å²) in [6.07, 6.45) is 4.23. The molecule has 0 bridgehead atoms. The molecule has 0 radical (unpaired) electrons. The smallest absolute Gasteiger partial charge is 0.228 e. The number of pyridine rings is 2. The average Bonchev–Trinajstić information content (AvgIpc) is 3.54. The van der Waals surface area contributed by atoms with Gasteiger partial charge < -0.3 is 14.0 Å². The van der Waals surface area contributed by atoms with Gasteiger partial charge >= 0.3 is 0 Å². The molecule has 2 fully saturated rings. The molecule has 8 nitrogen and oxygen atoms in total. The lowest BCUT2D eigenvalue weighted by atomic mass is 9.85. The van der Waals surface area contributed by atoms with E-state index in [2.05, 4.69) is 14.5 Å². The number of rotatable bonds is 7. The number of ether oxygens (including phenoxy) is 2. The van der Waals surface area contributed by atoms with Crippen LogP contribution >= 0.6 is 0 Å². The monoisotopic (exact) mass is 581 g/mol. The second-order valence-corrected chi connectivity index (χ2v) is 11.4. The summed E-state index contributed by atoms with van der Waals surface area (Å²) in [5.74, 6) is 1.08. The van der Waals surface area contributed by atoms with Crippen molar-refractivity contribution in [3.8, 4) is 17.0 Å². The Morgan fingerprint density at radius 3 is 2.47 bits per heavy atom. The summed E-state index contributed by atoms with van der Waals surface area (Å²) in [6, 6.07) is 16.6. The zero-order valence-corrected chi connectivity index (χ0v) is 23.8. The number of carbonyl (C=O) groups excluding carboxylic acids is 1. The highest BCUT2D eigenvalue weighted by Gasteiger charge is 2.49. The van der Waals surface area contributed by atoms with E-state index in [0.717, 1.165) is 16.6 Å². The molecule has 5 aromatic rings. The zero-order valence-electron chi connectivity index (χ0n) is 23.8. The van der Waals surface area contributed by atoms with Crippen LogP contribution in [0, 0.1) is 17.0 Å². The van der Waals surface area contributed by atoms with E-state index in [1.54, 1.807) is 47.6 Å². The van der Waals surface area contributed by atoms with Gasteiger partial charge in [0.15, 0.2) is 0 Å². The van der Waals surface area contributed by atoms with Gasteiger partial charge in [-0.1, -0.05) is 18.2 Å². The van der Waals surface area contributed by atoms with Gasteiger partial charge in [0.05, 0.1) is 37.4 Å². The normalized spacial score (nSPS) is 16.6. The van der Waals surface area contributed by atoms with Gasteiger partial charge in [-0.05, 0) is 48.4 Å². The molecular weight excluding hydrogens is 552 g/mol. The second kappa shape index (κ2) is 10.5. The summed E-state index contributed by atoms with van der Waals surface area (Å²) >= 11 is 0. The molecule has 1 atom stereocenters. The largest absolute Gasteiger partial charge is 0.481 e. The molecular formula is C33H29F2N5O3. The Balaban J connectivity index is 1.26. The van der Waals surface area contributed by atoms with E-state index in [4.69, 9.17) is 14.5 Å². The topological polar surface area (TPSA) is 82.4 Å². The predicted molar refractivity (Wildman–Crippen MR) is 157 cm³/mol. The standard InChI is InChI=1S/C33H29F2N5O3/c1-20(22-4-7-24(34)8-5-22)40-28-12-25(23-6-10-31(42-2)37-16-23)26(35)13-27(28)38-30(40)11-21-3-9-29(36-15-21)39-17-33(14-32(39)41)18-43-19-33/h3-10,12-13,15-16,20H,11,14,17-19H2,1-2H3/t20-/m0/s1. The molecule has 2 saturated heterocycles. The lowest BCUT2D eigenvalue weighted by Crippen LogP contribution is -2.44. The molecule has 2 aromatic carbocycles. The van der Waals surface area contributed by atoms with Crippen LogP contribution in [0.1, 0.15) is 36.3 Å². The van der Waals surface area contributed by atoms with E-state index in [1.807, 2.05) is 19.1 Å². The van der Waals surface area contributed by atoms with Gasteiger partial charge in [-0.2, -0.15) is 0 Å². The van der Waals surface area contributed by atoms with Gasteiger partial charge in [0.1, 0.15) is 23.3 Å². The predicted octanol–water partition coefficient (Wildman–Crippen LogP) is 5.73. The van der Waals surface area contributed by atoms with Crippen molar-refractivity contribution in [3.63, 3.8) is 0 Å². The Morgan fingerprint density at radius 2 is 1.84 bits per heavy atom. The Hall–Kier alpha value is -4.70. The molecule has 0 unspecified atom stereocenters. The first kappa shape index (κ1) is 27.2. The lowest BCUT2D eigenvalue weighted by molar-refractivity contribution is -0.126. The highest BCUT2D eigenvalue weighted by molar-refractivity contribution is 5.95. The molecule has 3 aromatic heterocycles. The summed E-state index contributed by atoms with van der Waals surface area (Å²) in [7, 11) is 1.53. The number of hydrogen-bond acceptors (Lipinski definition) is 6. The van der Waals surface area contributed by atoms with E-state index in [1.165, 1.54) is 25.3 Å². The van der Waals surface area contributed by atoms with E-state index in [-0.39, 0.29) is 23.2 Å². The lowest BCUT2D eigenvalue weighted by Gasteiger charge is -2.36. The van der Waals surface area contributed by atoms with Crippen LogP contribution in [0.15, 0.2) is 73.1 Å². The van der Waals surface area contributed by atoms with Crippen molar-refractivity contribution in [2.24, 2.45) is 5.41 Å². The van der Waals surface area contributed by atoms with Gasteiger partial charge in [-0.15, -0.1) is 0 Å². The molecule has 0 N–H and O–H groups in total. The first-order chi connectivity index (χ1) is 20.8. The molecule has 10 heteroatoms. The second-order valence-electron chi connectivity index (χ2n) is 11.4. The fourth-order valence-electron chi connectivity index (χ4n) is 6.05. The van der Waals surface area contributed by atoms with Crippen LogP contribution in [-0.4, -0.2) is 52.3 Å². The maximum absolute atomic E-state index is 15.4. The zero-order chi connectivity index (χ0) is 29.7. The van der Waals surface area contributed by atoms with Gasteiger partial charge in [0, 0.05) is 60.5 Å². The minimum absolute atomic E-state index is 0.0587. The first-order valence-corrected chi connectivity index (χ1v) is 14.1. The SMILES string of the molecule is COc1ccc(-c2cc3c(cc2F)nc(Cc2ccc(N4CC5(COC5)CC4=O)nc2)n3[C@@H](C)c2ccc(F)cc2)cn1. The maximum Gasteiger partial charge on any atom is 0.228 e. The molecule has 7 rings (SSSR count). The van der Waals surface area contributed by atoms with Crippen LogP contribution in [0.25, 0.3) is 22.2 Å². The highest BCUT2D eigenvalue weighted by Crippen LogP contribution is 2.40. The third-order valence-corrected chi connectivity index (χ3v) is 8.43. The third kappa shape index (κ3) is 4.91.